The van der Waals surface area contributed by atoms with Crippen molar-refractivity contribution in [3.63, 3.8) is 0 Å². The van der Waals surface area contributed by atoms with Crippen molar-refractivity contribution >= 4 is 28.5 Å². The Kier molecular flexibility index (Phi) is 13.1. The van der Waals surface area contributed by atoms with Crippen molar-refractivity contribution in [3.8, 4) is 11.5 Å². The summed E-state index contributed by atoms with van der Waals surface area (Å²) < 4.78 is 40.1. The third kappa shape index (κ3) is 10.1. The van der Waals surface area contributed by atoms with Crippen LogP contribution in [0.4, 0.5) is 0 Å². The molecule has 8 nitrogen and oxygen atoms in total. The van der Waals surface area contributed by atoms with E-state index in [-0.39, 0.29) is 17.0 Å². The van der Waals surface area contributed by atoms with Crippen molar-refractivity contribution in [2.45, 2.75) is 12.0 Å². The molecule has 1 saturated heterocycles. The lowest BCUT2D eigenvalue weighted by Crippen LogP contribution is -2.40. The number of thioether (sulfide) groups is 1. The second-order valence-corrected chi connectivity index (χ2v) is 10.8. The van der Waals surface area contributed by atoms with E-state index in [2.05, 4.69) is 0 Å². The van der Waals surface area contributed by atoms with Crippen LogP contribution in [0.15, 0.2) is 54.6 Å². The average Bonchev–Trinajstić information content (AvgIpc) is 3.38. The zero-order valence-corrected chi connectivity index (χ0v) is 22.3. The highest BCUT2D eigenvalue weighted by Crippen LogP contribution is 2.29. The third-order valence-electron chi connectivity index (χ3n) is 5.36. The number of benzene rings is 2. The molecule has 1 fully saturated rings. The van der Waals surface area contributed by atoms with Gasteiger partial charge in [0, 0.05) is 28.9 Å². The number of hydrogen-bond donors (Lipinski definition) is 0. The van der Waals surface area contributed by atoms with E-state index in [1.54, 1.807) is 23.8 Å². The van der Waals surface area contributed by atoms with E-state index in [1.165, 1.54) is 0 Å². The molecule has 3 rings (SSSR count). The van der Waals surface area contributed by atoms with Crippen molar-refractivity contribution in [2.24, 2.45) is 0 Å². The molecule has 2 aromatic rings. The van der Waals surface area contributed by atoms with E-state index < -0.39 is 10.8 Å². The van der Waals surface area contributed by atoms with Gasteiger partial charge < -0.3 is 28.6 Å². The maximum Gasteiger partial charge on any atom is 0.236 e. The van der Waals surface area contributed by atoms with Gasteiger partial charge in [-0.15, -0.1) is 11.8 Å². The molecule has 1 aliphatic rings. The number of methoxy groups -OCH3 is 1. The van der Waals surface area contributed by atoms with Gasteiger partial charge in [-0.25, -0.2) is 0 Å². The minimum Gasteiger partial charge on any atom is -0.493 e. The highest BCUT2D eigenvalue weighted by atomic mass is 32.2. The summed E-state index contributed by atoms with van der Waals surface area (Å²) >= 11 is 1.66. The van der Waals surface area contributed by atoms with E-state index >= 15 is 0 Å². The summed E-state index contributed by atoms with van der Waals surface area (Å²) in [5.74, 6) is 2.31. The van der Waals surface area contributed by atoms with E-state index in [0.29, 0.717) is 70.0 Å². The van der Waals surface area contributed by atoms with Crippen molar-refractivity contribution < 1.29 is 32.7 Å². The van der Waals surface area contributed by atoms with Crippen LogP contribution in [-0.2, 0) is 36.4 Å². The molecule has 1 unspecified atom stereocenters. The van der Waals surface area contributed by atoms with Crippen LogP contribution >= 0.6 is 11.8 Å². The fourth-order valence-corrected chi connectivity index (χ4v) is 5.52. The molecule has 1 aliphatic heterocycles. The van der Waals surface area contributed by atoms with Crippen molar-refractivity contribution in [2.75, 3.05) is 70.6 Å². The van der Waals surface area contributed by atoms with Crippen LogP contribution in [0.1, 0.15) is 5.56 Å². The number of para-hydroxylation sites is 2. The van der Waals surface area contributed by atoms with Gasteiger partial charge in [-0.1, -0.05) is 42.5 Å². The summed E-state index contributed by atoms with van der Waals surface area (Å²) in [7, 11) is 0.312. The molecule has 0 bridgehead atoms. The number of rotatable bonds is 17. The van der Waals surface area contributed by atoms with Crippen LogP contribution < -0.4 is 9.47 Å². The minimum absolute atomic E-state index is 0.00959. The lowest BCUT2D eigenvalue weighted by molar-refractivity contribution is -0.128. The van der Waals surface area contributed by atoms with Gasteiger partial charge in [0.1, 0.15) is 17.7 Å². The van der Waals surface area contributed by atoms with Crippen LogP contribution in [0.2, 0.25) is 0 Å². The quantitative estimate of drug-likeness (QED) is 0.285. The second kappa shape index (κ2) is 16.6. The smallest absolute Gasteiger partial charge is 0.236 e. The van der Waals surface area contributed by atoms with E-state index in [9.17, 15) is 9.00 Å². The molecule has 0 N–H and O–H groups in total. The summed E-state index contributed by atoms with van der Waals surface area (Å²) in [6, 6.07) is 17.4. The van der Waals surface area contributed by atoms with Gasteiger partial charge >= 0.3 is 0 Å². The van der Waals surface area contributed by atoms with Gasteiger partial charge in [-0.05, 0) is 17.7 Å². The molecule has 2 aromatic carbocycles. The van der Waals surface area contributed by atoms with Gasteiger partial charge in [0.15, 0.2) is 11.5 Å². The molecule has 36 heavy (non-hydrogen) atoms. The van der Waals surface area contributed by atoms with Crippen LogP contribution in [0.25, 0.3) is 0 Å². The van der Waals surface area contributed by atoms with Crippen LogP contribution in [0.3, 0.4) is 0 Å². The first kappa shape index (κ1) is 28.5. The molecule has 10 heteroatoms. The maximum absolute atomic E-state index is 12.7. The van der Waals surface area contributed by atoms with Gasteiger partial charge in [0.25, 0.3) is 0 Å². The molecule has 2 atom stereocenters. The monoisotopic (exact) mass is 537 g/mol. The topological polar surface area (TPSA) is 83.5 Å². The fraction of sp³-hybridized carbons (Fsp3) is 0.500. The molecular formula is C26H35NO7S2. The molecule has 0 aromatic heterocycles. The normalized spacial score (nSPS) is 16.1. The van der Waals surface area contributed by atoms with Crippen LogP contribution in [0, 0.1) is 0 Å². The van der Waals surface area contributed by atoms with Crippen molar-refractivity contribution in [1.29, 1.82) is 0 Å². The largest absolute Gasteiger partial charge is 0.493 e. The van der Waals surface area contributed by atoms with Gasteiger partial charge in [-0.2, -0.15) is 0 Å². The third-order valence-corrected chi connectivity index (χ3v) is 7.74. The average molecular weight is 538 g/mol. The number of carbonyl (C=O) groups is 1. The Bertz CT molecular complexity index is 932. The van der Waals surface area contributed by atoms with Gasteiger partial charge in [0.05, 0.1) is 46.8 Å². The molecule has 1 amide bonds. The van der Waals surface area contributed by atoms with Crippen LogP contribution in [-0.4, -0.2) is 90.9 Å². The second-order valence-electron chi connectivity index (χ2n) is 7.93. The molecule has 0 spiro atoms. The lowest BCUT2D eigenvalue weighted by atomic mass is 10.2. The predicted molar refractivity (Wildman–Crippen MR) is 142 cm³/mol. The first-order valence-electron chi connectivity index (χ1n) is 12.0. The summed E-state index contributed by atoms with van der Waals surface area (Å²) in [5.41, 5.74) is 1.13. The van der Waals surface area contributed by atoms with Crippen molar-refractivity contribution in [1.82, 2.24) is 4.90 Å². The van der Waals surface area contributed by atoms with Gasteiger partial charge in [0.2, 0.25) is 5.91 Å². The Morgan fingerprint density at radius 2 is 1.61 bits per heavy atom. The zero-order chi connectivity index (χ0) is 25.4. The number of amides is 1. The molecule has 198 valence electrons. The Morgan fingerprint density at radius 1 is 0.944 bits per heavy atom. The standard InChI is InChI=1S/C26H35NO7S2/c1-30-23-9-5-6-10-24(23)34-20-26-27(11-17-35-26)25(28)21-36(29)18-16-32-13-12-31-14-15-33-19-22-7-3-2-4-8-22/h2-10,26H,11-21H2,1H3/t26-,36?/m0/s1. The Morgan fingerprint density at radius 3 is 2.36 bits per heavy atom. The van der Waals surface area contributed by atoms with E-state index in [4.69, 9.17) is 23.7 Å². The molecule has 0 saturated carbocycles. The predicted octanol–water partition coefficient (Wildman–Crippen LogP) is 2.97. The lowest BCUT2D eigenvalue weighted by Gasteiger charge is -2.24. The molecule has 0 radical (unpaired) electrons. The van der Waals surface area contributed by atoms with E-state index in [1.807, 2.05) is 54.6 Å². The summed E-state index contributed by atoms with van der Waals surface area (Å²) in [6.07, 6.45) is 0. The fourth-order valence-electron chi connectivity index (χ4n) is 3.49. The van der Waals surface area contributed by atoms with Crippen LogP contribution in [0.5, 0.6) is 11.5 Å². The Labute approximate surface area is 220 Å². The Balaban J connectivity index is 1.22. The highest BCUT2D eigenvalue weighted by molar-refractivity contribution is 8.00. The SMILES string of the molecule is COc1ccccc1OC[C@@H]1SCCN1C(=O)CS(=O)CCOCCOCCOCc1ccccc1. The van der Waals surface area contributed by atoms with Gasteiger partial charge in [-0.3, -0.25) is 9.00 Å². The van der Waals surface area contributed by atoms with Crippen molar-refractivity contribution in [3.05, 3.63) is 60.2 Å². The molecule has 1 heterocycles. The zero-order valence-electron chi connectivity index (χ0n) is 20.7. The Hall–Kier alpha value is -2.11. The minimum atomic E-state index is -1.28. The summed E-state index contributed by atoms with van der Waals surface area (Å²) in [4.78, 5) is 14.5. The summed E-state index contributed by atoms with van der Waals surface area (Å²) in [5, 5.41) is -0.107. The number of carbonyl (C=O) groups excluding carboxylic acids is 1. The number of ether oxygens (including phenoxy) is 5. The maximum atomic E-state index is 12.7. The van der Waals surface area contributed by atoms with E-state index in [0.717, 1.165) is 11.3 Å². The number of hydrogen-bond acceptors (Lipinski definition) is 8. The number of nitrogens with zero attached hydrogens (tertiary/aromatic N) is 1. The molecular weight excluding hydrogens is 502 g/mol. The first-order chi connectivity index (χ1) is 17.7. The summed E-state index contributed by atoms with van der Waals surface area (Å²) in [6.45, 7) is 3.73. The first-order valence-corrected chi connectivity index (χ1v) is 14.5. The molecule has 0 aliphatic carbocycles. The highest BCUT2D eigenvalue weighted by Gasteiger charge is 2.30.